The lowest BCUT2D eigenvalue weighted by Crippen LogP contribution is -2.46. The summed E-state index contributed by atoms with van der Waals surface area (Å²) >= 11 is 0. The number of alkyl halides is 9. The molecule has 1 aromatic heterocycles. The Morgan fingerprint density at radius 2 is 1.38 bits per heavy atom. The number of hydrogen-bond acceptors (Lipinski definition) is 2. The number of rotatable bonds is 2. The predicted molar refractivity (Wildman–Crippen MR) is 63.3 cm³/mol. The molecule has 0 aliphatic rings. The summed E-state index contributed by atoms with van der Waals surface area (Å²) in [6.07, 6.45) is -21.1. The molecular weight excluding hydrogens is 357 g/mol. The molecule has 0 aliphatic carbocycles. The number of fused-ring (bicyclic) bond motifs is 1. The predicted octanol–water partition coefficient (Wildman–Crippen LogP) is 5.13. The van der Waals surface area contributed by atoms with Crippen LogP contribution in [-0.4, -0.2) is 23.4 Å². The van der Waals surface area contributed by atoms with Gasteiger partial charge in [-0.05, 0) is 12.1 Å². The zero-order valence-electron chi connectivity index (χ0n) is 11.2. The monoisotopic (exact) mass is 363 g/mol. The molecule has 1 aromatic carbocycles. The Labute approximate surface area is 127 Å². The van der Waals surface area contributed by atoms with E-state index in [4.69, 9.17) is 0 Å². The number of ether oxygens (including phenoxy) is 1. The first kappa shape index (κ1) is 18.1. The Kier molecular flexibility index (Phi) is 4.31. The van der Waals surface area contributed by atoms with Gasteiger partial charge in [0.05, 0.1) is 5.52 Å². The highest BCUT2D eigenvalue weighted by molar-refractivity contribution is 5.85. The molecule has 132 valence electrons. The minimum atomic E-state index is -5.86. The van der Waals surface area contributed by atoms with Gasteiger partial charge in [-0.3, -0.25) is 0 Å². The van der Waals surface area contributed by atoms with Crippen LogP contribution in [0.4, 0.5) is 39.5 Å². The van der Waals surface area contributed by atoms with E-state index in [1.807, 2.05) is 0 Å². The summed E-state index contributed by atoms with van der Waals surface area (Å²) in [5, 5.41) is -0.413. The Hall–Kier alpha value is -2.20. The van der Waals surface area contributed by atoms with Crippen molar-refractivity contribution in [2.24, 2.45) is 0 Å². The van der Waals surface area contributed by atoms with Crippen LogP contribution in [0.3, 0.4) is 0 Å². The maximum atomic E-state index is 12.7. The van der Waals surface area contributed by atoms with Gasteiger partial charge >= 0.3 is 18.5 Å². The van der Waals surface area contributed by atoms with Crippen molar-refractivity contribution in [2.75, 3.05) is 0 Å². The van der Waals surface area contributed by atoms with Crippen LogP contribution < -0.4 is 4.74 Å². The summed E-state index contributed by atoms with van der Waals surface area (Å²) in [5.74, 6) is -1.22. The largest absolute Gasteiger partial charge is 0.471 e. The quantitative estimate of drug-likeness (QED) is 0.691. The van der Waals surface area contributed by atoms with Gasteiger partial charge in [0.1, 0.15) is 11.4 Å². The molecule has 2 aromatic rings. The third kappa shape index (κ3) is 3.82. The molecule has 24 heavy (non-hydrogen) atoms. The molecule has 0 amide bonds. The van der Waals surface area contributed by atoms with E-state index in [0.717, 1.165) is 12.1 Å². The van der Waals surface area contributed by atoms with Crippen LogP contribution >= 0.6 is 0 Å². The number of halogens is 9. The Bertz CT molecular complexity index is 719. The van der Waals surface area contributed by atoms with Gasteiger partial charge in [0.2, 0.25) is 0 Å². The molecule has 0 unspecified atom stereocenters. The molecule has 0 saturated heterocycles. The molecule has 0 radical (unpaired) electrons. The van der Waals surface area contributed by atoms with E-state index in [1.54, 1.807) is 0 Å². The van der Waals surface area contributed by atoms with E-state index in [-0.39, 0.29) is 6.07 Å². The lowest BCUT2D eigenvalue weighted by atomic mass is 10.1. The highest BCUT2D eigenvalue weighted by atomic mass is 19.4. The molecule has 0 fully saturated rings. The van der Waals surface area contributed by atoms with Crippen molar-refractivity contribution < 1.29 is 44.3 Å². The second kappa shape index (κ2) is 5.71. The SMILES string of the molecule is FC(F)(F)c1cc(OC(C(F)(F)F)C(F)(F)F)c2ccccc2n1. The molecule has 0 spiro atoms. The van der Waals surface area contributed by atoms with Gasteiger partial charge in [-0.15, -0.1) is 0 Å². The van der Waals surface area contributed by atoms with Crippen molar-refractivity contribution in [3.8, 4) is 5.75 Å². The number of aromatic nitrogens is 1. The highest BCUT2D eigenvalue weighted by Crippen LogP contribution is 2.40. The van der Waals surface area contributed by atoms with Crippen molar-refractivity contribution in [3.63, 3.8) is 0 Å². The molecule has 0 N–H and O–H groups in total. The summed E-state index contributed by atoms with van der Waals surface area (Å²) in [4.78, 5) is 3.17. The molecule has 0 atom stereocenters. The van der Waals surface area contributed by atoms with E-state index in [9.17, 15) is 39.5 Å². The van der Waals surface area contributed by atoms with E-state index in [0.29, 0.717) is 0 Å². The smallest absolute Gasteiger partial charge is 0.434 e. The molecule has 0 saturated carbocycles. The number of pyridine rings is 1. The number of benzene rings is 1. The third-order valence-electron chi connectivity index (χ3n) is 2.81. The highest BCUT2D eigenvalue weighted by Gasteiger charge is 2.59. The summed E-state index contributed by atoms with van der Waals surface area (Å²) in [7, 11) is 0. The van der Waals surface area contributed by atoms with Crippen LogP contribution in [0, 0.1) is 0 Å². The molecule has 0 bridgehead atoms. The third-order valence-corrected chi connectivity index (χ3v) is 2.81. The van der Waals surface area contributed by atoms with Crippen LogP contribution in [0.1, 0.15) is 5.69 Å². The van der Waals surface area contributed by atoms with E-state index >= 15 is 0 Å². The van der Waals surface area contributed by atoms with E-state index < -0.39 is 47.0 Å². The molecule has 2 rings (SSSR count). The van der Waals surface area contributed by atoms with Crippen LogP contribution in [0.5, 0.6) is 5.75 Å². The zero-order valence-corrected chi connectivity index (χ0v) is 11.2. The second-order valence-electron chi connectivity index (χ2n) is 4.60. The van der Waals surface area contributed by atoms with Gasteiger partial charge in [0.25, 0.3) is 6.10 Å². The summed E-state index contributed by atoms with van der Waals surface area (Å²) in [6, 6.07) is 4.45. The number of nitrogens with zero attached hydrogens (tertiary/aromatic N) is 1. The molecular formula is C13H6F9NO. The normalized spacial score (nSPS) is 13.6. The number of para-hydroxylation sites is 1. The standard InChI is InChI=1S/C13H6F9NO/c14-11(15,16)9-5-8(6-3-1-2-4-7(6)23-9)24-10(12(17,18)19)13(20,21)22/h1-5,10H. The fourth-order valence-corrected chi connectivity index (χ4v) is 1.83. The minimum absolute atomic E-state index is 0.00676. The van der Waals surface area contributed by atoms with Crippen LogP contribution in [0.25, 0.3) is 10.9 Å². The first-order valence-corrected chi connectivity index (χ1v) is 6.07. The molecule has 0 aliphatic heterocycles. The fourth-order valence-electron chi connectivity index (χ4n) is 1.83. The second-order valence-corrected chi connectivity index (χ2v) is 4.60. The summed E-state index contributed by atoms with van der Waals surface area (Å²) in [5.41, 5.74) is -2.12. The van der Waals surface area contributed by atoms with Crippen molar-refractivity contribution in [1.29, 1.82) is 0 Å². The minimum Gasteiger partial charge on any atom is -0.471 e. The topological polar surface area (TPSA) is 22.1 Å². The zero-order chi connectivity index (χ0) is 18.3. The summed E-state index contributed by atoms with van der Waals surface area (Å²) in [6.45, 7) is 0. The average molecular weight is 363 g/mol. The Morgan fingerprint density at radius 1 is 0.833 bits per heavy atom. The van der Waals surface area contributed by atoms with Gasteiger partial charge in [0, 0.05) is 11.5 Å². The Morgan fingerprint density at radius 3 is 1.88 bits per heavy atom. The number of hydrogen-bond donors (Lipinski definition) is 0. The maximum Gasteiger partial charge on any atom is 0.434 e. The van der Waals surface area contributed by atoms with Crippen molar-refractivity contribution in [2.45, 2.75) is 24.6 Å². The maximum absolute atomic E-state index is 12.7. The average Bonchev–Trinajstić information content (AvgIpc) is 2.40. The van der Waals surface area contributed by atoms with Gasteiger partial charge in [-0.1, -0.05) is 12.1 Å². The molecule has 2 nitrogen and oxygen atoms in total. The van der Waals surface area contributed by atoms with Crippen LogP contribution in [-0.2, 0) is 6.18 Å². The summed E-state index contributed by atoms with van der Waals surface area (Å²) < 4.78 is 117. The molecule has 1 heterocycles. The van der Waals surface area contributed by atoms with Gasteiger partial charge in [-0.25, -0.2) is 4.98 Å². The van der Waals surface area contributed by atoms with Gasteiger partial charge < -0.3 is 4.74 Å². The van der Waals surface area contributed by atoms with Crippen molar-refractivity contribution in [3.05, 3.63) is 36.0 Å². The lowest BCUT2D eigenvalue weighted by Gasteiger charge is -2.24. The van der Waals surface area contributed by atoms with Gasteiger partial charge in [-0.2, -0.15) is 39.5 Å². The van der Waals surface area contributed by atoms with Crippen LogP contribution in [0.2, 0.25) is 0 Å². The van der Waals surface area contributed by atoms with Crippen molar-refractivity contribution in [1.82, 2.24) is 4.98 Å². The van der Waals surface area contributed by atoms with E-state index in [1.165, 1.54) is 12.1 Å². The Balaban J connectivity index is 2.62. The van der Waals surface area contributed by atoms with E-state index in [2.05, 4.69) is 9.72 Å². The van der Waals surface area contributed by atoms with Crippen LogP contribution in [0.15, 0.2) is 30.3 Å². The lowest BCUT2D eigenvalue weighted by molar-refractivity contribution is -0.299. The first-order chi connectivity index (χ1) is 10.8. The fraction of sp³-hybridized carbons (Fsp3) is 0.308. The van der Waals surface area contributed by atoms with Gasteiger partial charge in [0.15, 0.2) is 0 Å². The van der Waals surface area contributed by atoms with Crippen molar-refractivity contribution >= 4 is 10.9 Å². The first-order valence-electron chi connectivity index (χ1n) is 6.07. The molecule has 11 heteroatoms.